The number of benzene rings is 2. The molecule has 0 bridgehead atoms. The lowest BCUT2D eigenvalue weighted by molar-refractivity contribution is 0.415. The van der Waals surface area contributed by atoms with Gasteiger partial charge in [-0.3, -0.25) is 0 Å². The number of nitrogens with zero attached hydrogens (tertiary/aromatic N) is 4. The number of methoxy groups -OCH3 is 1. The Hall–Kier alpha value is -2.93. The lowest BCUT2D eigenvalue weighted by Crippen LogP contribution is -1.93. The average molecular weight is 394 g/mol. The summed E-state index contributed by atoms with van der Waals surface area (Å²) in [7, 11) is 1.65. The van der Waals surface area contributed by atoms with Gasteiger partial charge in [-0.1, -0.05) is 28.1 Å². The summed E-state index contributed by atoms with van der Waals surface area (Å²) in [4.78, 5) is 12.6. The van der Waals surface area contributed by atoms with Crippen LogP contribution in [0.2, 0.25) is 0 Å². The molecule has 7 heteroatoms. The van der Waals surface area contributed by atoms with Crippen molar-refractivity contribution in [2.24, 2.45) is 0 Å². The summed E-state index contributed by atoms with van der Waals surface area (Å²) in [5, 5.41) is 5.59. The number of imidazole rings is 1. The number of ether oxygens (including phenoxy) is 1. The molecule has 0 amide bonds. The maximum absolute atomic E-state index is 5.31. The highest BCUT2D eigenvalue weighted by atomic mass is 79.9. The maximum atomic E-state index is 5.31. The summed E-state index contributed by atoms with van der Waals surface area (Å²) in [6, 6.07) is 13.8. The summed E-state index contributed by atoms with van der Waals surface area (Å²) < 4.78 is 8.05. The smallest absolute Gasteiger partial charge is 0.251 e. The van der Waals surface area contributed by atoms with E-state index in [0.717, 1.165) is 43.5 Å². The Kier molecular flexibility index (Phi) is 3.05. The summed E-state index contributed by atoms with van der Waals surface area (Å²) >= 11 is 3.45. The van der Waals surface area contributed by atoms with Crippen molar-refractivity contribution in [1.82, 2.24) is 24.6 Å². The molecule has 5 aromatic rings. The van der Waals surface area contributed by atoms with E-state index < -0.39 is 0 Å². The maximum Gasteiger partial charge on any atom is 0.251 e. The topological polar surface area (TPSA) is 68.1 Å². The molecule has 2 aromatic carbocycles. The van der Waals surface area contributed by atoms with E-state index in [1.807, 2.05) is 48.7 Å². The molecule has 3 heterocycles. The third kappa shape index (κ3) is 2.27. The molecule has 5 rings (SSSR count). The van der Waals surface area contributed by atoms with Crippen molar-refractivity contribution < 1.29 is 4.74 Å². The molecule has 25 heavy (non-hydrogen) atoms. The highest BCUT2D eigenvalue weighted by molar-refractivity contribution is 9.10. The van der Waals surface area contributed by atoms with Gasteiger partial charge >= 0.3 is 0 Å². The van der Waals surface area contributed by atoms with E-state index in [1.54, 1.807) is 11.6 Å². The minimum absolute atomic E-state index is 0.564. The standard InChI is InChI=1S/C18H12BrN5O/c1-25-12-6-7-14-13(8-12)16-17(20-14)23-24-9-15(21-18(24)22-16)10-2-4-11(19)5-3-10/h2-9H,1H3,(H,20,23). The molecule has 0 aliphatic heterocycles. The van der Waals surface area contributed by atoms with Gasteiger partial charge in [-0.25, -0.2) is 14.5 Å². The molecule has 0 fully saturated rings. The molecule has 6 nitrogen and oxygen atoms in total. The number of rotatable bonds is 2. The second kappa shape index (κ2) is 5.29. The molecule has 0 radical (unpaired) electrons. The Morgan fingerprint density at radius 3 is 2.72 bits per heavy atom. The largest absolute Gasteiger partial charge is 0.497 e. The van der Waals surface area contributed by atoms with E-state index in [2.05, 4.69) is 31.0 Å². The zero-order chi connectivity index (χ0) is 17.0. The normalized spacial score (nSPS) is 11.6. The Balaban J connectivity index is 1.73. The first-order chi connectivity index (χ1) is 12.2. The van der Waals surface area contributed by atoms with Crippen LogP contribution in [0.25, 0.3) is 39.1 Å². The molecular weight excluding hydrogens is 382 g/mol. The third-order valence-corrected chi connectivity index (χ3v) is 4.72. The van der Waals surface area contributed by atoms with Crippen molar-refractivity contribution in [3.8, 4) is 17.0 Å². The van der Waals surface area contributed by atoms with Crippen LogP contribution in [0.5, 0.6) is 5.75 Å². The average Bonchev–Trinajstić information content (AvgIpc) is 3.20. The van der Waals surface area contributed by atoms with Crippen molar-refractivity contribution >= 4 is 43.8 Å². The van der Waals surface area contributed by atoms with Gasteiger partial charge in [0.25, 0.3) is 5.78 Å². The molecule has 0 saturated heterocycles. The van der Waals surface area contributed by atoms with Gasteiger partial charge in [0.2, 0.25) is 0 Å². The van der Waals surface area contributed by atoms with E-state index in [-0.39, 0.29) is 0 Å². The molecule has 0 spiro atoms. The van der Waals surface area contributed by atoms with Gasteiger partial charge in [-0.05, 0) is 30.3 Å². The zero-order valence-electron chi connectivity index (χ0n) is 13.2. The molecular formula is C18H12BrN5O. The molecule has 122 valence electrons. The van der Waals surface area contributed by atoms with Gasteiger partial charge in [-0.2, -0.15) is 0 Å². The van der Waals surface area contributed by atoms with Gasteiger partial charge in [0, 0.05) is 20.9 Å². The van der Waals surface area contributed by atoms with Gasteiger partial charge in [0.05, 0.1) is 19.0 Å². The highest BCUT2D eigenvalue weighted by Crippen LogP contribution is 2.27. The van der Waals surface area contributed by atoms with Crippen LogP contribution in [0.4, 0.5) is 0 Å². The van der Waals surface area contributed by atoms with Gasteiger partial charge in [0.15, 0.2) is 5.65 Å². The van der Waals surface area contributed by atoms with Gasteiger partial charge in [0.1, 0.15) is 11.3 Å². The van der Waals surface area contributed by atoms with Crippen LogP contribution in [0.15, 0.2) is 53.1 Å². The highest BCUT2D eigenvalue weighted by Gasteiger charge is 2.12. The van der Waals surface area contributed by atoms with Crippen molar-refractivity contribution in [1.29, 1.82) is 0 Å². The van der Waals surface area contributed by atoms with E-state index in [0.29, 0.717) is 5.78 Å². The fraction of sp³-hybridized carbons (Fsp3) is 0.0556. The van der Waals surface area contributed by atoms with E-state index in [4.69, 9.17) is 9.72 Å². The Morgan fingerprint density at radius 2 is 1.92 bits per heavy atom. The summed E-state index contributed by atoms with van der Waals surface area (Å²) in [6.07, 6.45) is 1.89. The molecule has 0 saturated carbocycles. The van der Waals surface area contributed by atoms with Crippen molar-refractivity contribution in [3.05, 3.63) is 53.1 Å². The number of hydrogen-bond donors (Lipinski definition) is 1. The number of aromatic nitrogens is 5. The van der Waals surface area contributed by atoms with Crippen LogP contribution in [0.1, 0.15) is 0 Å². The minimum atomic E-state index is 0.564. The first-order valence-corrected chi connectivity index (χ1v) is 8.49. The van der Waals surface area contributed by atoms with E-state index >= 15 is 0 Å². The van der Waals surface area contributed by atoms with Crippen LogP contribution in [-0.4, -0.2) is 31.7 Å². The Bertz CT molecular complexity index is 1240. The van der Waals surface area contributed by atoms with Crippen LogP contribution < -0.4 is 4.74 Å². The van der Waals surface area contributed by atoms with Gasteiger partial charge < -0.3 is 9.72 Å². The minimum Gasteiger partial charge on any atom is -0.497 e. The second-order valence-corrected chi connectivity index (χ2v) is 6.64. The number of hydrogen-bond acceptors (Lipinski definition) is 4. The number of H-pyrrole nitrogens is 1. The van der Waals surface area contributed by atoms with E-state index in [9.17, 15) is 0 Å². The molecule has 0 atom stereocenters. The third-order valence-electron chi connectivity index (χ3n) is 4.19. The summed E-state index contributed by atoms with van der Waals surface area (Å²) in [5.74, 6) is 1.35. The zero-order valence-corrected chi connectivity index (χ0v) is 14.8. The van der Waals surface area contributed by atoms with Crippen molar-refractivity contribution in [3.63, 3.8) is 0 Å². The van der Waals surface area contributed by atoms with Crippen molar-refractivity contribution in [2.45, 2.75) is 0 Å². The molecule has 0 aliphatic rings. The Labute approximate surface area is 150 Å². The molecule has 0 unspecified atom stereocenters. The van der Waals surface area contributed by atoms with Crippen LogP contribution in [0.3, 0.4) is 0 Å². The monoisotopic (exact) mass is 393 g/mol. The summed E-state index contributed by atoms with van der Waals surface area (Å²) in [6.45, 7) is 0. The quantitative estimate of drug-likeness (QED) is 0.487. The molecule has 1 N–H and O–H groups in total. The predicted molar refractivity (Wildman–Crippen MR) is 99.8 cm³/mol. The molecule has 3 aromatic heterocycles. The lowest BCUT2D eigenvalue weighted by atomic mass is 10.2. The van der Waals surface area contributed by atoms with E-state index in [1.165, 1.54) is 0 Å². The predicted octanol–water partition coefficient (Wildman–Crippen LogP) is 4.20. The Morgan fingerprint density at radius 1 is 1.08 bits per heavy atom. The SMILES string of the molecule is COc1ccc2[nH]c3nn4cc(-c5ccc(Br)cc5)nc4nc3c2c1. The lowest BCUT2D eigenvalue weighted by Gasteiger charge is -1.98. The van der Waals surface area contributed by atoms with Crippen molar-refractivity contribution in [2.75, 3.05) is 7.11 Å². The number of nitrogens with one attached hydrogen (secondary N) is 1. The fourth-order valence-electron chi connectivity index (χ4n) is 2.93. The van der Waals surface area contributed by atoms with Gasteiger partial charge in [-0.15, -0.1) is 5.10 Å². The number of fused-ring (bicyclic) bond motifs is 4. The number of halogens is 1. The van der Waals surface area contributed by atoms with Crippen LogP contribution >= 0.6 is 15.9 Å². The second-order valence-electron chi connectivity index (χ2n) is 5.72. The number of aromatic amines is 1. The summed E-state index contributed by atoms with van der Waals surface area (Å²) in [5.41, 5.74) is 4.33. The fourth-order valence-corrected chi connectivity index (χ4v) is 3.20. The first kappa shape index (κ1) is 14.4. The van der Waals surface area contributed by atoms with Crippen LogP contribution in [0, 0.1) is 0 Å². The molecule has 0 aliphatic carbocycles. The van der Waals surface area contributed by atoms with Crippen LogP contribution in [-0.2, 0) is 0 Å². The first-order valence-electron chi connectivity index (χ1n) is 7.70.